The van der Waals surface area contributed by atoms with Gasteiger partial charge in [-0.05, 0) is 43.3 Å². The number of carbonyl (C=O) groups excluding carboxylic acids is 1. The first-order valence-corrected chi connectivity index (χ1v) is 11.1. The Kier molecular flexibility index (Phi) is 6.18. The number of hydrogen-bond donors (Lipinski definition) is 0. The van der Waals surface area contributed by atoms with Gasteiger partial charge in [0.25, 0.3) is 19.7 Å². The Labute approximate surface area is 163 Å². The molecule has 0 amide bonds. The van der Waals surface area contributed by atoms with Gasteiger partial charge in [0.2, 0.25) is 0 Å². The molecule has 28 heavy (non-hydrogen) atoms. The lowest BCUT2D eigenvalue weighted by atomic mass is 10.2. The smallest absolute Gasteiger partial charge is 0.426 e. The van der Waals surface area contributed by atoms with E-state index in [2.05, 4.69) is 4.79 Å². The molecule has 0 bridgehead atoms. The van der Waals surface area contributed by atoms with E-state index >= 15 is 0 Å². The topological polar surface area (TPSA) is 131 Å². The third-order valence-electron chi connectivity index (χ3n) is 3.70. The number of nitrogens with zero attached hydrogens (tertiary/aromatic N) is 2. The van der Waals surface area contributed by atoms with Gasteiger partial charge in [0.05, 0.1) is 15.7 Å². The Morgan fingerprint density at radius 3 is 1.71 bits per heavy atom. The van der Waals surface area contributed by atoms with Gasteiger partial charge in [-0.3, -0.25) is 4.79 Å². The molecule has 0 aromatic heterocycles. The second kappa shape index (κ2) is 8.05. The summed E-state index contributed by atoms with van der Waals surface area (Å²) in [5, 5.41) is 0. The highest BCUT2D eigenvalue weighted by atomic mass is 32.3. The zero-order valence-electron chi connectivity index (χ0n) is 15.4. The summed E-state index contributed by atoms with van der Waals surface area (Å²) in [6.07, 6.45) is 0. The molecular formula is C18H18N2O6S2. The van der Waals surface area contributed by atoms with Crippen molar-refractivity contribution >= 4 is 30.0 Å². The summed E-state index contributed by atoms with van der Waals surface area (Å²) in [5.74, 6) is -0.784. The molecule has 2 aromatic rings. The van der Waals surface area contributed by atoms with Crippen molar-refractivity contribution in [3.8, 4) is 5.75 Å². The molecule has 0 fully saturated rings. The van der Waals surface area contributed by atoms with Gasteiger partial charge in [-0.2, -0.15) is 0 Å². The molecule has 10 heteroatoms. The Bertz CT molecular complexity index is 1140. The molecule has 148 valence electrons. The molecule has 8 nitrogen and oxygen atoms in total. The summed E-state index contributed by atoms with van der Waals surface area (Å²) in [6.45, 7) is 5.02. The molecule has 0 saturated carbocycles. The molecule has 0 spiro atoms. The van der Waals surface area contributed by atoms with Crippen molar-refractivity contribution in [2.45, 2.75) is 30.6 Å². The summed E-state index contributed by atoms with van der Waals surface area (Å²) in [7, 11) is -9.24. The monoisotopic (exact) mass is 422 g/mol. The largest absolute Gasteiger partial charge is 0.504 e. The van der Waals surface area contributed by atoms with E-state index in [0.717, 1.165) is 17.7 Å². The Balaban J connectivity index is 2.43. The minimum atomic E-state index is -4.66. The van der Waals surface area contributed by atoms with E-state index in [1.807, 2.05) is 0 Å². The average molecular weight is 422 g/mol. The summed E-state index contributed by atoms with van der Waals surface area (Å²) in [4.78, 5) is 13.4. The van der Waals surface area contributed by atoms with Crippen LogP contribution in [0.25, 0.3) is 5.53 Å². The first kappa shape index (κ1) is 21.5. The van der Waals surface area contributed by atoms with Crippen LogP contribution < -0.4 is 4.74 Å². The summed E-state index contributed by atoms with van der Waals surface area (Å²) >= 11 is 0. The lowest BCUT2D eigenvalue weighted by molar-refractivity contribution is -0.137. The molecule has 2 aromatic carbocycles. The predicted molar refractivity (Wildman–Crippen MR) is 101 cm³/mol. The molecule has 0 aliphatic rings. The molecule has 0 aliphatic heterocycles. The van der Waals surface area contributed by atoms with E-state index < -0.39 is 34.9 Å². The molecule has 0 atom stereocenters. The van der Waals surface area contributed by atoms with Crippen molar-refractivity contribution in [3.05, 3.63) is 59.6 Å². The van der Waals surface area contributed by atoms with Crippen LogP contribution in [0.15, 0.2) is 58.3 Å². The van der Waals surface area contributed by atoms with Crippen LogP contribution in [0.5, 0.6) is 5.75 Å². The van der Waals surface area contributed by atoms with E-state index in [9.17, 15) is 21.6 Å². The predicted octanol–water partition coefficient (Wildman–Crippen LogP) is 2.39. The number of aryl methyl sites for hydroxylation is 1. The summed E-state index contributed by atoms with van der Waals surface area (Å²) in [6, 6.07) is 9.97. The van der Waals surface area contributed by atoms with Gasteiger partial charge in [-0.25, -0.2) is 16.8 Å². The van der Waals surface area contributed by atoms with Gasteiger partial charge >= 0.3 is 10.3 Å². The van der Waals surface area contributed by atoms with E-state index in [1.54, 1.807) is 20.8 Å². The van der Waals surface area contributed by atoms with E-state index in [0.29, 0.717) is 0 Å². The van der Waals surface area contributed by atoms with Crippen molar-refractivity contribution in [2.24, 2.45) is 5.92 Å². The van der Waals surface area contributed by atoms with Crippen LogP contribution in [0.1, 0.15) is 19.4 Å². The Morgan fingerprint density at radius 1 is 0.893 bits per heavy atom. The van der Waals surface area contributed by atoms with Gasteiger partial charge in [0.1, 0.15) is 5.75 Å². The van der Waals surface area contributed by atoms with Crippen LogP contribution >= 0.6 is 0 Å². The van der Waals surface area contributed by atoms with Crippen molar-refractivity contribution < 1.29 is 31.2 Å². The Morgan fingerprint density at radius 2 is 1.32 bits per heavy atom. The molecule has 2 rings (SSSR count). The van der Waals surface area contributed by atoms with Crippen molar-refractivity contribution in [1.82, 2.24) is 0 Å². The number of ether oxygens (including phenoxy) is 1. The normalized spacial score (nSPS) is 11.7. The van der Waals surface area contributed by atoms with Crippen LogP contribution in [-0.4, -0.2) is 32.0 Å². The lowest BCUT2D eigenvalue weighted by Gasteiger charge is -2.07. The number of benzene rings is 2. The SMILES string of the molecule is Cc1ccc(S(=O)(=O)C(=[N+]=[N-])S(=O)(=O)c2ccc(OC(=O)C(C)C)cc2)cc1. The second-order valence-electron chi connectivity index (χ2n) is 6.23. The van der Waals surface area contributed by atoms with Crippen LogP contribution in [0.3, 0.4) is 0 Å². The minimum Gasteiger partial charge on any atom is -0.426 e. The highest BCUT2D eigenvalue weighted by Gasteiger charge is 2.43. The number of rotatable bonds is 4. The standard InChI is InChI=1S/C18H18N2O6S2/c1-12(2)17(21)26-14-6-10-16(11-7-14)28(24,25)18(20-19)27(22,23)15-8-4-13(3)5-9-15/h4-12H,1-3H3. The number of sulfone groups is 2. The van der Waals surface area contributed by atoms with Crippen LogP contribution in [0.4, 0.5) is 0 Å². The zero-order valence-corrected chi connectivity index (χ0v) is 17.0. The van der Waals surface area contributed by atoms with Gasteiger partial charge in [0, 0.05) is 0 Å². The van der Waals surface area contributed by atoms with E-state index in [-0.39, 0.29) is 16.6 Å². The number of esters is 1. The number of hydrogen-bond acceptors (Lipinski definition) is 6. The van der Waals surface area contributed by atoms with Gasteiger partial charge < -0.3 is 10.3 Å². The van der Waals surface area contributed by atoms with Crippen molar-refractivity contribution in [3.63, 3.8) is 0 Å². The fraction of sp³-hybridized carbons (Fsp3) is 0.222. The zero-order chi connectivity index (χ0) is 21.1. The maximum absolute atomic E-state index is 12.7. The molecule has 0 heterocycles. The third-order valence-corrected chi connectivity index (χ3v) is 7.88. The lowest BCUT2D eigenvalue weighted by Crippen LogP contribution is -2.26. The summed E-state index contributed by atoms with van der Waals surface area (Å²) < 4.78 is 54.4. The van der Waals surface area contributed by atoms with E-state index in [4.69, 9.17) is 10.3 Å². The first-order chi connectivity index (χ1) is 13.0. The molecular weight excluding hydrogens is 404 g/mol. The second-order valence-corrected chi connectivity index (χ2v) is 10.2. The van der Waals surface area contributed by atoms with Gasteiger partial charge in [-0.15, -0.1) is 4.79 Å². The molecule has 0 saturated heterocycles. The molecule has 0 N–H and O–H groups in total. The van der Waals surface area contributed by atoms with Crippen LogP contribution in [0.2, 0.25) is 0 Å². The Hall–Kier alpha value is -2.81. The van der Waals surface area contributed by atoms with Gasteiger partial charge in [0.15, 0.2) is 0 Å². The third kappa shape index (κ3) is 4.36. The van der Waals surface area contributed by atoms with Crippen LogP contribution in [0, 0.1) is 12.8 Å². The van der Waals surface area contributed by atoms with E-state index in [1.165, 1.54) is 36.4 Å². The number of carbonyl (C=O) groups is 1. The van der Waals surface area contributed by atoms with Crippen LogP contribution in [-0.2, 0) is 24.5 Å². The van der Waals surface area contributed by atoms with Crippen molar-refractivity contribution in [2.75, 3.05) is 0 Å². The molecule has 0 radical (unpaired) electrons. The van der Waals surface area contributed by atoms with Crippen molar-refractivity contribution in [1.29, 1.82) is 0 Å². The fourth-order valence-corrected chi connectivity index (χ4v) is 5.43. The summed E-state index contributed by atoms with van der Waals surface area (Å²) in [5.41, 5.74) is 9.94. The minimum absolute atomic E-state index is 0.0986. The maximum Gasteiger partial charge on any atom is 0.504 e. The first-order valence-electron chi connectivity index (χ1n) is 8.11. The highest BCUT2D eigenvalue weighted by Crippen LogP contribution is 2.23. The van der Waals surface area contributed by atoms with Gasteiger partial charge in [-0.1, -0.05) is 31.5 Å². The highest BCUT2D eigenvalue weighted by molar-refractivity contribution is 8.31. The quantitative estimate of drug-likeness (QED) is 0.186. The average Bonchev–Trinajstić information content (AvgIpc) is 2.62. The molecule has 0 unspecified atom stereocenters. The maximum atomic E-state index is 12.7. The fourth-order valence-electron chi connectivity index (χ4n) is 2.09. The molecule has 0 aliphatic carbocycles.